The molecule has 0 aliphatic heterocycles. The van der Waals surface area contributed by atoms with Crippen LogP contribution in [0.4, 0.5) is 0 Å². The maximum atomic E-state index is 5.40. The maximum absolute atomic E-state index is 5.40. The van der Waals surface area contributed by atoms with Gasteiger partial charge in [-0.15, -0.1) is 0 Å². The van der Waals surface area contributed by atoms with Crippen molar-refractivity contribution in [1.29, 1.82) is 0 Å². The number of pyridine rings is 1. The van der Waals surface area contributed by atoms with E-state index >= 15 is 0 Å². The van der Waals surface area contributed by atoms with Crippen LogP contribution < -0.4 is 0 Å². The topological polar surface area (TPSA) is 50.8 Å². The SMILES string of the molecule is CCOCc1nc(=S)cc(-c2cccc3ncccc23)[nH]1. The number of hydrogen-bond donors (Lipinski definition) is 1. The van der Waals surface area contributed by atoms with Crippen molar-refractivity contribution in [3.05, 3.63) is 53.1 Å². The Kier molecular flexibility index (Phi) is 4.03. The van der Waals surface area contributed by atoms with E-state index in [1.807, 2.05) is 31.2 Å². The fraction of sp³-hybridized carbons (Fsp3) is 0.188. The van der Waals surface area contributed by atoms with E-state index in [0.29, 0.717) is 17.9 Å². The molecule has 0 saturated heterocycles. The number of rotatable bonds is 4. The highest BCUT2D eigenvalue weighted by atomic mass is 32.1. The van der Waals surface area contributed by atoms with Gasteiger partial charge >= 0.3 is 0 Å². The highest BCUT2D eigenvalue weighted by Gasteiger charge is 2.06. The Bertz CT molecular complexity index is 824. The summed E-state index contributed by atoms with van der Waals surface area (Å²) in [5.41, 5.74) is 2.95. The minimum absolute atomic E-state index is 0.428. The van der Waals surface area contributed by atoms with Crippen molar-refractivity contribution >= 4 is 23.1 Å². The fourth-order valence-corrected chi connectivity index (χ4v) is 2.49. The molecular formula is C16H15N3OS. The number of ether oxygens (including phenoxy) is 1. The lowest BCUT2D eigenvalue weighted by atomic mass is 10.1. The number of fused-ring (bicyclic) bond motifs is 1. The third-order valence-corrected chi connectivity index (χ3v) is 3.38. The largest absolute Gasteiger partial charge is 0.374 e. The highest BCUT2D eigenvalue weighted by molar-refractivity contribution is 7.71. The number of hydrogen-bond acceptors (Lipinski definition) is 4. The van der Waals surface area contributed by atoms with Gasteiger partial charge in [-0.25, -0.2) is 4.98 Å². The monoisotopic (exact) mass is 297 g/mol. The molecule has 0 aliphatic carbocycles. The molecule has 21 heavy (non-hydrogen) atoms. The lowest BCUT2D eigenvalue weighted by Gasteiger charge is -2.09. The first kappa shape index (κ1) is 13.9. The van der Waals surface area contributed by atoms with Gasteiger partial charge in [0.15, 0.2) is 0 Å². The smallest absolute Gasteiger partial charge is 0.134 e. The number of nitrogens with zero attached hydrogens (tertiary/aromatic N) is 2. The molecule has 1 N–H and O–H groups in total. The average molecular weight is 297 g/mol. The molecule has 0 bridgehead atoms. The molecule has 0 saturated carbocycles. The van der Waals surface area contributed by atoms with Crippen LogP contribution in [0.15, 0.2) is 42.6 Å². The summed E-state index contributed by atoms with van der Waals surface area (Å²) in [7, 11) is 0. The Morgan fingerprint density at radius 1 is 1.24 bits per heavy atom. The van der Waals surface area contributed by atoms with Gasteiger partial charge in [-0.05, 0) is 25.1 Å². The van der Waals surface area contributed by atoms with Crippen LogP contribution in [-0.4, -0.2) is 21.6 Å². The summed E-state index contributed by atoms with van der Waals surface area (Å²) in [4.78, 5) is 12.0. The summed E-state index contributed by atoms with van der Waals surface area (Å²) < 4.78 is 5.96. The van der Waals surface area contributed by atoms with E-state index in [9.17, 15) is 0 Å². The van der Waals surface area contributed by atoms with Gasteiger partial charge in [-0.1, -0.05) is 30.4 Å². The van der Waals surface area contributed by atoms with Crippen molar-refractivity contribution in [2.45, 2.75) is 13.5 Å². The van der Waals surface area contributed by atoms with E-state index in [1.54, 1.807) is 6.20 Å². The molecule has 2 aromatic heterocycles. The van der Waals surface area contributed by atoms with E-state index < -0.39 is 0 Å². The van der Waals surface area contributed by atoms with Crippen LogP contribution in [0.5, 0.6) is 0 Å². The number of nitrogens with one attached hydrogen (secondary N) is 1. The molecule has 5 heteroatoms. The first-order chi connectivity index (χ1) is 10.3. The van der Waals surface area contributed by atoms with Gasteiger partial charge in [-0.2, -0.15) is 0 Å². The molecule has 0 radical (unpaired) electrons. The number of benzene rings is 1. The molecule has 106 valence electrons. The van der Waals surface area contributed by atoms with Crippen LogP contribution in [0.3, 0.4) is 0 Å². The van der Waals surface area contributed by atoms with Crippen molar-refractivity contribution in [2.24, 2.45) is 0 Å². The zero-order chi connectivity index (χ0) is 14.7. The summed E-state index contributed by atoms with van der Waals surface area (Å²) in [6.07, 6.45) is 1.79. The summed E-state index contributed by atoms with van der Waals surface area (Å²) >= 11 is 5.26. The number of aromatic nitrogens is 3. The molecule has 0 aliphatic rings. The van der Waals surface area contributed by atoms with E-state index in [2.05, 4.69) is 27.1 Å². The standard InChI is InChI=1S/C16H15N3OS/c1-2-20-10-15-18-14(9-16(21)19-15)12-5-3-7-13-11(12)6-4-8-17-13/h3-9H,2,10H2,1H3,(H,18,19,21). The molecule has 4 nitrogen and oxygen atoms in total. The van der Waals surface area contributed by atoms with Crippen LogP contribution >= 0.6 is 12.2 Å². The molecule has 0 spiro atoms. The minimum Gasteiger partial charge on any atom is -0.374 e. The Morgan fingerprint density at radius 3 is 3.00 bits per heavy atom. The van der Waals surface area contributed by atoms with Crippen molar-refractivity contribution < 1.29 is 4.74 Å². The van der Waals surface area contributed by atoms with Crippen molar-refractivity contribution in [3.63, 3.8) is 0 Å². The lowest BCUT2D eigenvalue weighted by molar-refractivity contribution is 0.128. The van der Waals surface area contributed by atoms with Crippen LogP contribution in [-0.2, 0) is 11.3 Å². The van der Waals surface area contributed by atoms with Gasteiger partial charge in [-0.3, -0.25) is 4.98 Å². The van der Waals surface area contributed by atoms with Crippen LogP contribution in [0.25, 0.3) is 22.2 Å². The molecule has 0 fully saturated rings. The molecule has 3 rings (SSSR count). The minimum atomic E-state index is 0.428. The molecule has 1 aromatic carbocycles. The van der Waals surface area contributed by atoms with Gasteiger partial charge in [0.2, 0.25) is 0 Å². The summed E-state index contributed by atoms with van der Waals surface area (Å²) in [5, 5.41) is 1.08. The summed E-state index contributed by atoms with van der Waals surface area (Å²) in [5.74, 6) is 0.736. The number of aromatic amines is 1. The predicted octanol–water partition coefficient (Wildman–Crippen LogP) is 3.89. The van der Waals surface area contributed by atoms with Crippen LogP contribution in [0.2, 0.25) is 0 Å². The summed E-state index contributed by atoms with van der Waals surface area (Å²) in [6, 6.07) is 11.9. The average Bonchev–Trinajstić information content (AvgIpc) is 2.52. The Morgan fingerprint density at radius 2 is 2.14 bits per heavy atom. The molecule has 2 heterocycles. The maximum Gasteiger partial charge on any atom is 0.134 e. The molecule has 0 atom stereocenters. The second-order valence-corrected chi connectivity index (χ2v) is 5.01. The lowest BCUT2D eigenvalue weighted by Crippen LogP contribution is -2.00. The zero-order valence-corrected chi connectivity index (χ0v) is 12.5. The first-order valence-electron chi connectivity index (χ1n) is 6.80. The van der Waals surface area contributed by atoms with Gasteiger partial charge in [0.05, 0.1) is 11.2 Å². The first-order valence-corrected chi connectivity index (χ1v) is 7.21. The molecule has 0 unspecified atom stereocenters. The zero-order valence-electron chi connectivity index (χ0n) is 11.7. The third kappa shape index (κ3) is 2.99. The molecule has 3 aromatic rings. The number of H-pyrrole nitrogens is 1. The van der Waals surface area contributed by atoms with Gasteiger partial charge in [0, 0.05) is 23.8 Å². The van der Waals surface area contributed by atoms with E-state index in [-0.39, 0.29) is 0 Å². The quantitative estimate of drug-likeness (QED) is 0.742. The third-order valence-electron chi connectivity index (χ3n) is 3.17. The Labute approximate surface area is 127 Å². The van der Waals surface area contributed by atoms with Crippen molar-refractivity contribution in [3.8, 4) is 11.3 Å². The molecule has 0 amide bonds. The fourth-order valence-electron chi connectivity index (χ4n) is 2.26. The molecular weight excluding hydrogens is 282 g/mol. The van der Waals surface area contributed by atoms with Crippen LogP contribution in [0.1, 0.15) is 12.7 Å². The summed E-state index contributed by atoms with van der Waals surface area (Å²) in [6.45, 7) is 3.02. The van der Waals surface area contributed by atoms with Crippen molar-refractivity contribution in [2.75, 3.05) is 6.61 Å². The predicted molar refractivity (Wildman–Crippen MR) is 85.5 cm³/mol. The normalized spacial score (nSPS) is 10.9. The van der Waals surface area contributed by atoms with Gasteiger partial charge < -0.3 is 9.72 Å². The van der Waals surface area contributed by atoms with E-state index in [1.165, 1.54) is 0 Å². The van der Waals surface area contributed by atoms with Gasteiger partial charge in [0.25, 0.3) is 0 Å². The van der Waals surface area contributed by atoms with E-state index in [0.717, 1.165) is 28.0 Å². The van der Waals surface area contributed by atoms with Crippen molar-refractivity contribution in [1.82, 2.24) is 15.0 Å². The Balaban J connectivity index is 2.14. The van der Waals surface area contributed by atoms with Crippen LogP contribution in [0, 0.1) is 4.64 Å². The van der Waals surface area contributed by atoms with E-state index in [4.69, 9.17) is 17.0 Å². The van der Waals surface area contributed by atoms with Gasteiger partial charge in [0.1, 0.15) is 17.1 Å². The second-order valence-electron chi connectivity index (χ2n) is 4.59. The highest BCUT2D eigenvalue weighted by Crippen LogP contribution is 2.26. The second kappa shape index (κ2) is 6.11. The Hall–Kier alpha value is -2.11.